The number of hydrogen-bond acceptors (Lipinski definition) is 2. The molecule has 3 heteroatoms. The van der Waals surface area contributed by atoms with Crippen molar-refractivity contribution in [3.05, 3.63) is 0 Å². The van der Waals surface area contributed by atoms with Gasteiger partial charge in [-0.25, -0.2) is 0 Å². The summed E-state index contributed by atoms with van der Waals surface area (Å²) in [6.45, 7) is 3.47. The van der Waals surface area contributed by atoms with E-state index >= 15 is 0 Å². The molecule has 1 nitrogen and oxygen atoms in total. The molecular weight excluding hydrogens is 178 g/mol. The fourth-order valence-corrected chi connectivity index (χ4v) is 2.13. The van der Waals surface area contributed by atoms with E-state index in [-0.39, 0.29) is 12.4 Å². The van der Waals surface area contributed by atoms with Crippen molar-refractivity contribution in [2.75, 3.05) is 18.1 Å². The number of thioether (sulfide) groups is 1. The number of nitrogens with one attached hydrogen (secondary N) is 1. The highest BCUT2D eigenvalue weighted by Gasteiger charge is 2.10. The van der Waals surface area contributed by atoms with Crippen LogP contribution in [0.2, 0.25) is 0 Å². The van der Waals surface area contributed by atoms with Gasteiger partial charge in [-0.15, -0.1) is 12.4 Å². The molecule has 1 rings (SSSR count). The van der Waals surface area contributed by atoms with Crippen LogP contribution in [-0.2, 0) is 0 Å². The third-order valence-corrected chi connectivity index (χ3v) is 2.98. The molecule has 0 spiro atoms. The maximum atomic E-state index is 3.53. The van der Waals surface area contributed by atoms with Gasteiger partial charge in [0.25, 0.3) is 0 Å². The van der Waals surface area contributed by atoms with Crippen molar-refractivity contribution in [3.8, 4) is 0 Å². The van der Waals surface area contributed by atoms with Crippen molar-refractivity contribution in [2.24, 2.45) is 0 Å². The summed E-state index contributed by atoms with van der Waals surface area (Å²) in [7, 11) is 0. The van der Waals surface area contributed by atoms with Crippen molar-refractivity contribution in [1.29, 1.82) is 0 Å². The lowest BCUT2D eigenvalue weighted by molar-refractivity contribution is 0.430. The molecule has 68 valence electrons. The fourth-order valence-electron chi connectivity index (χ4n) is 1.33. The molecule has 0 aromatic rings. The topological polar surface area (TPSA) is 12.0 Å². The maximum Gasteiger partial charge on any atom is 0.0158 e. The second-order valence-electron chi connectivity index (χ2n) is 2.81. The van der Waals surface area contributed by atoms with E-state index in [1.807, 2.05) is 0 Å². The standard InChI is InChI=1S/C8H17NS.ClH/c1-2-10-7-8-5-3-4-6-9-8;/h8-9H,2-7H2,1H3;1H. The fraction of sp³-hybridized carbons (Fsp3) is 1.00. The van der Waals surface area contributed by atoms with Gasteiger partial charge in [0, 0.05) is 11.8 Å². The molecule has 1 atom stereocenters. The zero-order valence-electron chi connectivity index (χ0n) is 7.14. The molecule has 0 radical (unpaired) electrons. The van der Waals surface area contributed by atoms with E-state index in [0.717, 1.165) is 6.04 Å². The van der Waals surface area contributed by atoms with Gasteiger partial charge in [-0.3, -0.25) is 0 Å². The molecule has 0 aromatic carbocycles. The van der Waals surface area contributed by atoms with Gasteiger partial charge < -0.3 is 5.32 Å². The highest BCUT2D eigenvalue weighted by atomic mass is 35.5. The molecule has 1 saturated heterocycles. The van der Waals surface area contributed by atoms with Gasteiger partial charge in [0.05, 0.1) is 0 Å². The summed E-state index contributed by atoms with van der Waals surface area (Å²) >= 11 is 2.05. The molecule has 1 aliphatic rings. The van der Waals surface area contributed by atoms with Crippen LogP contribution in [0.1, 0.15) is 26.2 Å². The lowest BCUT2D eigenvalue weighted by atomic mass is 10.1. The van der Waals surface area contributed by atoms with E-state index in [2.05, 4.69) is 24.0 Å². The van der Waals surface area contributed by atoms with Gasteiger partial charge in [0.15, 0.2) is 0 Å². The van der Waals surface area contributed by atoms with Gasteiger partial charge in [0.1, 0.15) is 0 Å². The molecule has 0 saturated carbocycles. The van der Waals surface area contributed by atoms with Crippen molar-refractivity contribution in [1.82, 2.24) is 5.32 Å². The Labute approximate surface area is 80.1 Å². The Balaban J connectivity index is 0.000001000. The first-order chi connectivity index (χ1) is 4.93. The second kappa shape index (κ2) is 7.26. The lowest BCUT2D eigenvalue weighted by Crippen LogP contribution is -2.35. The van der Waals surface area contributed by atoms with Gasteiger partial charge in [0.2, 0.25) is 0 Å². The van der Waals surface area contributed by atoms with Crippen LogP contribution in [0.5, 0.6) is 0 Å². The minimum Gasteiger partial charge on any atom is -0.313 e. The predicted molar refractivity (Wildman–Crippen MR) is 55.9 cm³/mol. The summed E-state index contributed by atoms with van der Waals surface area (Å²) in [5.41, 5.74) is 0. The Bertz CT molecular complexity index is 84.2. The molecule has 1 aliphatic heterocycles. The average Bonchev–Trinajstić information content (AvgIpc) is 2.03. The largest absolute Gasteiger partial charge is 0.313 e. The Morgan fingerprint density at radius 2 is 2.27 bits per heavy atom. The number of hydrogen-bond donors (Lipinski definition) is 1. The first-order valence-electron chi connectivity index (χ1n) is 4.24. The zero-order valence-corrected chi connectivity index (χ0v) is 8.77. The number of rotatable bonds is 3. The molecule has 1 N–H and O–H groups in total. The summed E-state index contributed by atoms with van der Waals surface area (Å²) in [4.78, 5) is 0. The maximum absolute atomic E-state index is 3.53. The summed E-state index contributed by atoms with van der Waals surface area (Å²) in [6, 6.07) is 0.818. The van der Waals surface area contributed by atoms with Crippen molar-refractivity contribution in [2.45, 2.75) is 32.2 Å². The number of halogens is 1. The molecular formula is C8H18ClNS. The lowest BCUT2D eigenvalue weighted by Gasteiger charge is -2.22. The molecule has 11 heavy (non-hydrogen) atoms. The van der Waals surface area contributed by atoms with Crippen LogP contribution in [0.4, 0.5) is 0 Å². The van der Waals surface area contributed by atoms with Crippen LogP contribution in [0.25, 0.3) is 0 Å². The van der Waals surface area contributed by atoms with Crippen LogP contribution in [-0.4, -0.2) is 24.1 Å². The Hall–Kier alpha value is 0.600. The minimum atomic E-state index is 0. The van der Waals surface area contributed by atoms with Gasteiger partial charge in [-0.05, 0) is 25.1 Å². The second-order valence-corrected chi connectivity index (χ2v) is 4.13. The Morgan fingerprint density at radius 1 is 1.45 bits per heavy atom. The first kappa shape index (κ1) is 11.6. The van der Waals surface area contributed by atoms with Crippen LogP contribution in [0.15, 0.2) is 0 Å². The smallest absolute Gasteiger partial charge is 0.0158 e. The summed E-state index contributed by atoms with van der Waals surface area (Å²) in [6.07, 6.45) is 4.21. The highest BCUT2D eigenvalue weighted by molar-refractivity contribution is 7.99. The monoisotopic (exact) mass is 195 g/mol. The normalized spacial score (nSPS) is 24.3. The number of piperidine rings is 1. The quantitative estimate of drug-likeness (QED) is 0.742. The third kappa shape index (κ3) is 4.94. The van der Waals surface area contributed by atoms with Crippen LogP contribution < -0.4 is 5.32 Å². The average molecular weight is 196 g/mol. The van der Waals surface area contributed by atoms with Crippen molar-refractivity contribution in [3.63, 3.8) is 0 Å². The van der Waals surface area contributed by atoms with E-state index in [4.69, 9.17) is 0 Å². The van der Waals surface area contributed by atoms with Crippen LogP contribution in [0, 0.1) is 0 Å². The minimum absolute atomic E-state index is 0. The van der Waals surface area contributed by atoms with E-state index in [1.54, 1.807) is 0 Å². The SMILES string of the molecule is CCSCC1CCCCN1.Cl. The molecule has 0 aliphatic carbocycles. The molecule has 1 unspecified atom stereocenters. The molecule has 0 bridgehead atoms. The predicted octanol–water partition coefficient (Wildman–Crippen LogP) is 2.30. The van der Waals surface area contributed by atoms with E-state index in [0.29, 0.717) is 0 Å². The molecule has 0 aromatic heterocycles. The Morgan fingerprint density at radius 3 is 2.82 bits per heavy atom. The Kier molecular flexibility index (Phi) is 7.66. The highest BCUT2D eigenvalue weighted by Crippen LogP contribution is 2.11. The first-order valence-corrected chi connectivity index (χ1v) is 5.40. The van der Waals surface area contributed by atoms with Gasteiger partial charge >= 0.3 is 0 Å². The van der Waals surface area contributed by atoms with Gasteiger partial charge in [-0.2, -0.15) is 11.8 Å². The summed E-state index contributed by atoms with van der Waals surface area (Å²) < 4.78 is 0. The summed E-state index contributed by atoms with van der Waals surface area (Å²) in [5.74, 6) is 2.58. The van der Waals surface area contributed by atoms with Crippen molar-refractivity contribution < 1.29 is 0 Å². The van der Waals surface area contributed by atoms with Crippen LogP contribution in [0.3, 0.4) is 0 Å². The molecule has 0 amide bonds. The summed E-state index contributed by atoms with van der Waals surface area (Å²) in [5, 5.41) is 3.53. The van der Waals surface area contributed by atoms with E-state index in [9.17, 15) is 0 Å². The van der Waals surface area contributed by atoms with E-state index in [1.165, 1.54) is 37.3 Å². The zero-order chi connectivity index (χ0) is 7.23. The molecule has 1 fully saturated rings. The third-order valence-electron chi connectivity index (χ3n) is 1.94. The van der Waals surface area contributed by atoms with E-state index < -0.39 is 0 Å². The molecule has 1 heterocycles. The van der Waals surface area contributed by atoms with Crippen LogP contribution >= 0.6 is 24.2 Å². The van der Waals surface area contributed by atoms with Crippen molar-refractivity contribution >= 4 is 24.2 Å². The van der Waals surface area contributed by atoms with Gasteiger partial charge in [-0.1, -0.05) is 13.3 Å².